The minimum atomic E-state index is -3.45. The molecule has 0 spiro atoms. The molecule has 3 rings (SSSR count). The van der Waals surface area contributed by atoms with Crippen LogP contribution in [0, 0.1) is 5.92 Å². The van der Waals surface area contributed by atoms with Gasteiger partial charge < -0.3 is 0 Å². The van der Waals surface area contributed by atoms with Gasteiger partial charge in [-0.2, -0.15) is 17.0 Å². The first-order chi connectivity index (χ1) is 9.81. The van der Waals surface area contributed by atoms with Crippen LogP contribution in [-0.4, -0.2) is 73.2 Å². The average Bonchev–Trinajstić information content (AvgIpc) is 2.94. The first kappa shape index (κ1) is 15.6. The van der Waals surface area contributed by atoms with Crippen molar-refractivity contribution in [1.82, 2.24) is 13.5 Å². The molecule has 2 unspecified atom stereocenters. The molecule has 2 saturated heterocycles. The van der Waals surface area contributed by atoms with Gasteiger partial charge in [0.25, 0.3) is 16.6 Å². The first-order valence-electron chi connectivity index (χ1n) is 7.60. The van der Waals surface area contributed by atoms with Crippen LogP contribution in [0.5, 0.6) is 0 Å². The van der Waals surface area contributed by atoms with E-state index in [9.17, 15) is 17.2 Å². The van der Waals surface area contributed by atoms with Crippen molar-refractivity contribution in [1.29, 1.82) is 0 Å². The molecule has 2 bridgehead atoms. The number of piperidine rings is 1. The van der Waals surface area contributed by atoms with Crippen LogP contribution in [0.25, 0.3) is 0 Å². The Morgan fingerprint density at radius 3 is 2.38 bits per heavy atom. The van der Waals surface area contributed by atoms with Crippen molar-refractivity contribution >= 4 is 10.2 Å². The maximum Gasteiger partial charge on any atom is 0.282 e. The Morgan fingerprint density at radius 2 is 1.90 bits per heavy atom. The van der Waals surface area contributed by atoms with Gasteiger partial charge in [-0.25, -0.2) is 8.78 Å². The molecule has 3 fully saturated rings. The first-order valence-corrected chi connectivity index (χ1v) is 8.99. The Morgan fingerprint density at radius 1 is 1.24 bits per heavy atom. The maximum absolute atomic E-state index is 12.8. The number of hydrogen-bond acceptors (Lipinski definition) is 3. The van der Waals surface area contributed by atoms with Gasteiger partial charge in [0.2, 0.25) is 0 Å². The minimum absolute atomic E-state index is 0.233. The standard InChI is InChI=1S/C13H23F2N3O2S/c1-13-3-2-11(8-13)9-18(13)21(19,20)17-6-4-16(5-7-17)10-12(14)15/h11-12H,2-10H2,1H3. The van der Waals surface area contributed by atoms with Crippen molar-refractivity contribution in [2.45, 2.75) is 38.2 Å². The summed E-state index contributed by atoms with van der Waals surface area (Å²) in [5, 5.41) is 0. The van der Waals surface area contributed by atoms with Crippen LogP contribution in [-0.2, 0) is 10.2 Å². The van der Waals surface area contributed by atoms with E-state index in [0.29, 0.717) is 38.6 Å². The van der Waals surface area contributed by atoms with Gasteiger partial charge in [0.1, 0.15) is 0 Å². The summed E-state index contributed by atoms with van der Waals surface area (Å²) >= 11 is 0. The molecule has 0 aromatic rings. The summed E-state index contributed by atoms with van der Waals surface area (Å²) in [6.07, 6.45) is 0.645. The minimum Gasteiger partial charge on any atom is -0.295 e. The Bertz CT molecular complexity index is 494. The number of rotatable bonds is 4. The third-order valence-corrected chi connectivity index (χ3v) is 7.34. The lowest BCUT2D eigenvalue weighted by Crippen LogP contribution is -2.57. The van der Waals surface area contributed by atoms with Crippen LogP contribution >= 0.6 is 0 Å². The zero-order valence-electron chi connectivity index (χ0n) is 12.3. The second kappa shape index (κ2) is 5.40. The summed E-state index contributed by atoms with van der Waals surface area (Å²) in [4.78, 5) is 1.63. The van der Waals surface area contributed by atoms with E-state index >= 15 is 0 Å². The Kier molecular flexibility index (Phi) is 4.01. The normalized spacial score (nSPS) is 35.9. The van der Waals surface area contributed by atoms with E-state index in [2.05, 4.69) is 0 Å². The van der Waals surface area contributed by atoms with Crippen molar-refractivity contribution in [2.24, 2.45) is 5.92 Å². The van der Waals surface area contributed by atoms with Gasteiger partial charge in [-0.3, -0.25) is 4.90 Å². The molecule has 2 aliphatic heterocycles. The molecule has 2 atom stereocenters. The number of nitrogens with zero attached hydrogens (tertiary/aromatic N) is 3. The molecular weight excluding hydrogens is 300 g/mol. The van der Waals surface area contributed by atoms with Crippen molar-refractivity contribution in [3.8, 4) is 0 Å². The van der Waals surface area contributed by atoms with E-state index in [1.807, 2.05) is 6.92 Å². The van der Waals surface area contributed by atoms with Gasteiger partial charge in [-0.15, -0.1) is 0 Å². The molecule has 0 aromatic carbocycles. The van der Waals surface area contributed by atoms with Crippen LogP contribution in [0.4, 0.5) is 8.78 Å². The van der Waals surface area contributed by atoms with Gasteiger partial charge in [-0.05, 0) is 32.1 Å². The highest BCUT2D eigenvalue weighted by molar-refractivity contribution is 7.86. The number of halogens is 2. The summed E-state index contributed by atoms with van der Waals surface area (Å²) in [5.41, 5.74) is -0.233. The fourth-order valence-electron chi connectivity index (χ4n) is 4.03. The quantitative estimate of drug-likeness (QED) is 0.775. The van der Waals surface area contributed by atoms with Crippen molar-refractivity contribution in [3.63, 3.8) is 0 Å². The summed E-state index contributed by atoms with van der Waals surface area (Å²) in [6.45, 7) is 3.78. The Hall–Kier alpha value is -0.310. The van der Waals surface area contributed by atoms with Gasteiger partial charge in [0.05, 0.1) is 6.54 Å². The number of piperazine rings is 1. The van der Waals surface area contributed by atoms with Gasteiger partial charge >= 0.3 is 0 Å². The zero-order chi connectivity index (χ0) is 15.3. The zero-order valence-corrected chi connectivity index (χ0v) is 13.2. The molecule has 1 aliphatic carbocycles. The summed E-state index contributed by atoms with van der Waals surface area (Å²) < 4.78 is 53.5. The molecule has 0 amide bonds. The van der Waals surface area contributed by atoms with Crippen LogP contribution in [0.2, 0.25) is 0 Å². The fraction of sp³-hybridized carbons (Fsp3) is 1.00. The lowest BCUT2D eigenvalue weighted by molar-refractivity contribution is 0.0697. The highest BCUT2D eigenvalue weighted by Gasteiger charge is 2.53. The van der Waals surface area contributed by atoms with E-state index in [4.69, 9.17) is 0 Å². The van der Waals surface area contributed by atoms with Gasteiger partial charge in [0, 0.05) is 38.3 Å². The molecular formula is C13H23F2N3O2S. The fourth-order valence-corrected chi connectivity index (χ4v) is 6.05. The van der Waals surface area contributed by atoms with Crippen molar-refractivity contribution in [2.75, 3.05) is 39.3 Å². The monoisotopic (exact) mass is 323 g/mol. The van der Waals surface area contributed by atoms with Gasteiger partial charge in [-0.1, -0.05) is 0 Å². The van der Waals surface area contributed by atoms with Crippen LogP contribution < -0.4 is 0 Å². The third-order valence-electron chi connectivity index (χ3n) is 5.18. The predicted molar refractivity (Wildman–Crippen MR) is 75.4 cm³/mol. The molecule has 0 aromatic heterocycles. The predicted octanol–water partition coefficient (Wildman–Crippen LogP) is 0.988. The highest BCUT2D eigenvalue weighted by atomic mass is 32.2. The van der Waals surface area contributed by atoms with Crippen LogP contribution in [0.1, 0.15) is 26.2 Å². The molecule has 2 heterocycles. The molecule has 0 N–H and O–H groups in total. The highest BCUT2D eigenvalue weighted by Crippen LogP contribution is 2.47. The molecule has 122 valence electrons. The second-order valence-electron chi connectivity index (χ2n) is 6.74. The van der Waals surface area contributed by atoms with Crippen LogP contribution in [0.3, 0.4) is 0 Å². The molecule has 1 saturated carbocycles. The van der Waals surface area contributed by atoms with E-state index in [1.54, 1.807) is 9.21 Å². The average molecular weight is 323 g/mol. The lowest BCUT2D eigenvalue weighted by Gasteiger charge is -2.41. The second-order valence-corrected chi connectivity index (χ2v) is 8.59. The van der Waals surface area contributed by atoms with Crippen molar-refractivity contribution < 1.29 is 17.2 Å². The topological polar surface area (TPSA) is 43.9 Å². The molecule has 0 radical (unpaired) electrons. The largest absolute Gasteiger partial charge is 0.295 e. The van der Waals surface area contributed by atoms with Crippen molar-refractivity contribution in [3.05, 3.63) is 0 Å². The summed E-state index contributed by atoms with van der Waals surface area (Å²) in [7, 11) is -3.45. The smallest absolute Gasteiger partial charge is 0.282 e. The van der Waals surface area contributed by atoms with E-state index in [-0.39, 0.29) is 12.1 Å². The van der Waals surface area contributed by atoms with Gasteiger partial charge in [0.15, 0.2) is 0 Å². The van der Waals surface area contributed by atoms with E-state index in [0.717, 1.165) is 19.3 Å². The summed E-state index contributed by atoms with van der Waals surface area (Å²) in [5.74, 6) is 0.491. The van der Waals surface area contributed by atoms with E-state index < -0.39 is 16.6 Å². The number of hydrogen-bond donors (Lipinski definition) is 0. The molecule has 3 aliphatic rings. The Labute approximate surface area is 125 Å². The number of alkyl halides is 2. The maximum atomic E-state index is 12.8. The molecule has 5 nitrogen and oxygen atoms in total. The lowest BCUT2D eigenvalue weighted by atomic mass is 10.0. The summed E-state index contributed by atoms with van der Waals surface area (Å²) in [6, 6.07) is 0. The molecule has 21 heavy (non-hydrogen) atoms. The SMILES string of the molecule is CC12CCC(CN1S(=O)(=O)N1CCN(CC(F)F)CC1)C2. The number of fused-ring (bicyclic) bond motifs is 2. The third kappa shape index (κ3) is 2.83. The molecule has 8 heteroatoms. The van der Waals surface area contributed by atoms with Crippen LogP contribution in [0.15, 0.2) is 0 Å². The Balaban J connectivity index is 1.65. The van der Waals surface area contributed by atoms with E-state index in [1.165, 1.54) is 4.31 Å².